The van der Waals surface area contributed by atoms with Gasteiger partial charge in [-0.15, -0.1) is 0 Å². The van der Waals surface area contributed by atoms with Gasteiger partial charge in [0.05, 0.1) is 5.69 Å². The van der Waals surface area contributed by atoms with Gasteiger partial charge in [-0.2, -0.15) is 5.26 Å². The molecular formula is C18H17N7O2. The molecule has 0 bridgehead atoms. The summed E-state index contributed by atoms with van der Waals surface area (Å²) in [5, 5.41) is 18.3. The molecule has 9 nitrogen and oxygen atoms in total. The van der Waals surface area contributed by atoms with Gasteiger partial charge in [-0.25, -0.2) is 15.0 Å². The largest absolute Gasteiger partial charge is 0.480 e. The van der Waals surface area contributed by atoms with Crippen LogP contribution in [-0.4, -0.2) is 44.2 Å². The highest BCUT2D eigenvalue weighted by Crippen LogP contribution is 2.30. The van der Waals surface area contributed by atoms with Crippen molar-refractivity contribution in [1.29, 1.82) is 5.26 Å². The quantitative estimate of drug-likeness (QED) is 0.697. The number of likely N-dealkylation sites (N-methyl/N-ethyl adjacent to an activating group) is 1. The number of nitrogens with two attached hydrogens (primary N) is 1. The Hall–Kier alpha value is -3.93. The fourth-order valence-corrected chi connectivity index (χ4v) is 2.64. The maximum Gasteiger partial charge on any atom is 0.323 e. The highest BCUT2D eigenvalue weighted by atomic mass is 16.4. The van der Waals surface area contributed by atoms with Crippen molar-refractivity contribution in [2.75, 3.05) is 24.2 Å². The molecule has 0 spiro atoms. The van der Waals surface area contributed by atoms with Gasteiger partial charge in [0.1, 0.15) is 24.0 Å². The van der Waals surface area contributed by atoms with E-state index in [1.165, 1.54) is 17.3 Å². The molecule has 27 heavy (non-hydrogen) atoms. The maximum absolute atomic E-state index is 10.8. The number of carbonyl (C=O) groups is 1. The summed E-state index contributed by atoms with van der Waals surface area (Å²) in [6.07, 6.45) is 6.86. The number of anilines is 2. The number of nitriles is 1. The van der Waals surface area contributed by atoms with E-state index in [-0.39, 0.29) is 23.9 Å². The first-order chi connectivity index (χ1) is 12.9. The smallest absolute Gasteiger partial charge is 0.323 e. The third-order valence-electron chi connectivity index (χ3n) is 3.95. The summed E-state index contributed by atoms with van der Waals surface area (Å²) < 4.78 is 1.89. The molecule has 3 heterocycles. The molecule has 0 radical (unpaired) electrons. The van der Waals surface area contributed by atoms with Crippen LogP contribution >= 0.6 is 0 Å². The van der Waals surface area contributed by atoms with Gasteiger partial charge in [-0.05, 0) is 12.1 Å². The SMILES string of the molecule is CN(CC(=O)O)c1ncc(-c2cc(-c3ccn(C)c3)nc(N)c2C#N)cn1. The van der Waals surface area contributed by atoms with Crippen molar-refractivity contribution in [1.82, 2.24) is 19.5 Å². The van der Waals surface area contributed by atoms with Gasteiger partial charge < -0.3 is 20.3 Å². The first-order valence-electron chi connectivity index (χ1n) is 7.97. The Morgan fingerprint density at radius 3 is 2.63 bits per heavy atom. The molecule has 0 unspecified atom stereocenters. The Bertz CT molecular complexity index is 1030. The first-order valence-corrected chi connectivity index (χ1v) is 7.97. The van der Waals surface area contributed by atoms with Gasteiger partial charge in [0.25, 0.3) is 0 Å². The normalized spacial score (nSPS) is 10.4. The monoisotopic (exact) mass is 363 g/mol. The fraction of sp³-hybridized carbons (Fsp3) is 0.167. The Morgan fingerprint density at radius 1 is 1.37 bits per heavy atom. The molecule has 3 N–H and O–H groups in total. The summed E-state index contributed by atoms with van der Waals surface area (Å²) in [6, 6.07) is 5.74. The van der Waals surface area contributed by atoms with E-state index in [9.17, 15) is 10.1 Å². The number of aliphatic carboxylic acids is 1. The topological polar surface area (TPSA) is 134 Å². The molecule has 3 aromatic heterocycles. The molecule has 0 aliphatic heterocycles. The maximum atomic E-state index is 10.8. The molecule has 0 amide bonds. The molecular weight excluding hydrogens is 346 g/mol. The Balaban J connectivity index is 2.04. The van der Waals surface area contributed by atoms with Gasteiger partial charge in [0.2, 0.25) is 5.95 Å². The summed E-state index contributed by atoms with van der Waals surface area (Å²) in [4.78, 5) is 24.9. The minimum Gasteiger partial charge on any atom is -0.480 e. The first kappa shape index (κ1) is 17.9. The van der Waals surface area contributed by atoms with Crippen molar-refractivity contribution in [2.45, 2.75) is 0 Å². The van der Waals surface area contributed by atoms with Crippen LogP contribution in [0.1, 0.15) is 5.56 Å². The van der Waals surface area contributed by atoms with Crippen LogP contribution in [0.15, 0.2) is 36.9 Å². The molecule has 9 heteroatoms. The summed E-state index contributed by atoms with van der Waals surface area (Å²) in [6.45, 7) is -0.219. The molecule has 3 rings (SSSR count). The zero-order chi connectivity index (χ0) is 19.6. The number of carboxylic acid groups (broad SMARTS) is 1. The van der Waals surface area contributed by atoms with Crippen LogP contribution in [0.5, 0.6) is 0 Å². The van der Waals surface area contributed by atoms with Crippen LogP contribution in [0.3, 0.4) is 0 Å². The summed E-state index contributed by atoms with van der Waals surface area (Å²) in [7, 11) is 3.49. The van der Waals surface area contributed by atoms with E-state index < -0.39 is 5.97 Å². The molecule has 0 fully saturated rings. The second-order valence-electron chi connectivity index (χ2n) is 6.01. The lowest BCUT2D eigenvalue weighted by Crippen LogP contribution is -2.26. The Morgan fingerprint density at radius 2 is 2.07 bits per heavy atom. The lowest BCUT2D eigenvalue weighted by atomic mass is 10.0. The van der Waals surface area contributed by atoms with Crippen LogP contribution in [0.2, 0.25) is 0 Å². The van der Waals surface area contributed by atoms with Crippen molar-refractivity contribution in [2.24, 2.45) is 7.05 Å². The van der Waals surface area contributed by atoms with Crippen molar-refractivity contribution < 1.29 is 9.90 Å². The van der Waals surface area contributed by atoms with E-state index in [4.69, 9.17) is 10.8 Å². The lowest BCUT2D eigenvalue weighted by Gasteiger charge is -2.14. The highest BCUT2D eigenvalue weighted by Gasteiger charge is 2.15. The second-order valence-corrected chi connectivity index (χ2v) is 6.01. The van der Waals surface area contributed by atoms with Crippen molar-refractivity contribution >= 4 is 17.7 Å². The minimum atomic E-state index is -0.980. The number of pyridine rings is 1. The average Bonchev–Trinajstić information content (AvgIpc) is 3.07. The third-order valence-corrected chi connectivity index (χ3v) is 3.95. The van der Waals surface area contributed by atoms with Gasteiger partial charge in [-0.3, -0.25) is 4.79 Å². The van der Waals surface area contributed by atoms with E-state index in [1.54, 1.807) is 13.1 Å². The van der Waals surface area contributed by atoms with Crippen LogP contribution < -0.4 is 10.6 Å². The predicted molar refractivity (Wildman–Crippen MR) is 99.7 cm³/mol. The van der Waals surface area contributed by atoms with E-state index >= 15 is 0 Å². The zero-order valence-corrected chi connectivity index (χ0v) is 14.8. The predicted octanol–water partition coefficient (Wildman–Crippen LogP) is 1.52. The van der Waals surface area contributed by atoms with Crippen LogP contribution in [0.4, 0.5) is 11.8 Å². The number of carboxylic acids is 1. The summed E-state index contributed by atoms with van der Waals surface area (Å²) in [5.74, 6) is -0.586. The number of nitrogens with zero attached hydrogens (tertiary/aromatic N) is 6. The molecule has 3 aromatic rings. The Kier molecular flexibility index (Phi) is 4.72. The number of hydrogen-bond acceptors (Lipinski definition) is 7. The van der Waals surface area contributed by atoms with Crippen LogP contribution in [-0.2, 0) is 11.8 Å². The summed E-state index contributed by atoms with van der Waals surface area (Å²) >= 11 is 0. The number of aromatic nitrogens is 4. The van der Waals surface area contributed by atoms with E-state index in [0.717, 1.165) is 5.56 Å². The molecule has 0 atom stereocenters. The molecule has 0 aliphatic carbocycles. The fourth-order valence-electron chi connectivity index (χ4n) is 2.64. The molecule has 136 valence electrons. The second kappa shape index (κ2) is 7.13. The molecule has 0 aliphatic rings. The van der Waals surface area contributed by atoms with Crippen LogP contribution in [0, 0.1) is 11.3 Å². The van der Waals surface area contributed by atoms with E-state index in [0.29, 0.717) is 16.8 Å². The zero-order valence-electron chi connectivity index (χ0n) is 14.8. The van der Waals surface area contributed by atoms with Crippen molar-refractivity contribution in [3.05, 3.63) is 42.5 Å². The number of rotatable bonds is 5. The van der Waals surface area contributed by atoms with Crippen molar-refractivity contribution in [3.63, 3.8) is 0 Å². The van der Waals surface area contributed by atoms with Crippen LogP contribution in [0.25, 0.3) is 22.4 Å². The van der Waals surface area contributed by atoms with Gasteiger partial charge in [0, 0.05) is 55.6 Å². The highest BCUT2D eigenvalue weighted by molar-refractivity contribution is 5.79. The van der Waals surface area contributed by atoms with Gasteiger partial charge >= 0.3 is 5.97 Å². The Labute approximate surface area is 155 Å². The van der Waals surface area contributed by atoms with Gasteiger partial charge in [-0.1, -0.05) is 0 Å². The number of hydrogen-bond donors (Lipinski definition) is 2. The molecule has 0 saturated carbocycles. The number of aryl methyl sites for hydroxylation is 1. The van der Waals surface area contributed by atoms with Crippen molar-refractivity contribution in [3.8, 4) is 28.5 Å². The standard InChI is InChI=1S/C18H17N7O2/c1-24-4-3-11(9-24)15-5-13(14(6-19)17(20)23-15)12-7-21-18(22-8-12)25(2)10-16(26)27/h3-5,7-9H,10H2,1-2H3,(H2,20,23)(H,26,27). The van der Waals surface area contributed by atoms with E-state index in [1.807, 2.05) is 30.1 Å². The third kappa shape index (κ3) is 3.69. The lowest BCUT2D eigenvalue weighted by molar-refractivity contribution is -0.135. The van der Waals surface area contributed by atoms with E-state index in [2.05, 4.69) is 21.0 Å². The number of nitrogen functional groups attached to an aromatic ring is 1. The minimum absolute atomic E-state index is 0.126. The molecule has 0 saturated heterocycles. The molecule has 0 aromatic carbocycles. The summed E-state index contributed by atoms with van der Waals surface area (Å²) in [5.41, 5.74) is 8.89. The average molecular weight is 363 g/mol. The van der Waals surface area contributed by atoms with Gasteiger partial charge in [0.15, 0.2) is 0 Å².